The molecule has 0 aliphatic rings. The zero-order chi connectivity index (χ0) is 37.7. The van der Waals surface area contributed by atoms with E-state index in [1.54, 1.807) is 133 Å². The smallest absolute Gasteiger partial charge is 0.408 e. The number of carbonyl (C=O) groups excluding carboxylic acids is 5. The Balaban J connectivity index is 1.34. The maximum absolute atomic E-state index is 14.4. The zero-order valence-electron chi connectivity index (χ0n) is 28.1. The average Bonchev–Trinajstić information content (AvgIpc) is 3.21. The van der Waals surface area contributed by atoms with E-state index < -0.39 is 23.0 Å². The zero-order valence-corrected chi connectivity index (χ0v) is 29.8. The lowest BCUT2D eigenvalue weighted by atomic mass is 10.0. The van der Waals surface area contributed by atoms with Gasteiger partial charge in [0.25, 0.3) is 0 Å². The summed E-state index contributed by atoms with van der Waals surface area (Å²) in [7, 11) is -4.85. The fourth-order valence-electron chi connectivity index (χ4n) is 4.85. The fraction of sp³-hybridized carbons (Fsp3) is 0. The van der Waals surface area contributed by atoms with Gasteiger partial charge < -0.3 is 27.1 Å². The van der Waals surface area contributed by atoms with Gasteiger partial charge in [0.05, 0.1) is 33.4 Å². The normalized spacial score (nSPS) is 10.6. The summed E-state index contributed by atoms with van der Waals surface area (Å²) >= 11 is 0. The Morgan fingerprint density at radius 1 is 0.333 bits per heavy atom. The van der Waals surface area contributed by atoms with Crippen molar-refractivity contribution < 1.29 is 51.1 Å². The molecule has 13 heteroatoms. The molecule has 0 atom stereocenters. The van der Waals surface area contributed by atoms with E-state index in [1.165, 1.54) is 12.1 Å². The minimum Gasteiger partial charge on any atom is -0.408 e. The van der Waals surface area contributed by atoms with Crippen molar-refractivity contribution in [3.05, 3.63) is 179 Å². The second-order valence-electron chi connectivity index (χ2n) is 10.9. The molecule has 0 saturated carbocycles. The minimum absolute atomic E-state index is 0.0603. The molecule has 268 valence electrons. The molecular formula is C41H28O11P2. The average molecular weight is 759 g/mol. The van der Waals surface area contributed by atoms with Gasteiger partial charge in [0, 0.05) is 0 Å². The molecule has 6 aromatic rings. The van der Waals surface area contributed by atoms with Crippen molar-refractivity contribution in [2.45, 2.75) is 0 Å². The maximum Gasteiger partial charge on any atom is 0.530 e. The standard InChI is InChI=1S/C41H28O11P2/c42-25-29-13-1-7-19-35(29)47-53(48-36-20-8-2-14-30(36)26-43)51-39-23-11-5-17-33(39)41(46)34-18-6-12-24-40(34)52-54(49-37-21-9-3-15-31(37)27-44)50-38-22-10-4-16-32(38)28-45/h1-28H. The van der Waals surface area contributed by atoms with Gasteiger partial charge in [0.2, 0.25) is 5.78 Å². The number of rotatable bonds is 18. The molecule has 0 aliphatic heterocycles. The predicted octanol–water partition coefficient (Wildman–Crippen LogP) is 9.69. The molecule has 6 rings (SSSR count). The Morgan fingerprint density at radius 3 is 0.833 bits per heavy atom. The lowest BCUT2D eigenvalue weighted by molar-refractivity contribution is 0.103. The molecule has 0 N–H and O–H groups in total. The summed E-state index contributed by atoms with van der Waals surface area (Å²) in [4.78, 5) is 61.6. The molecule has 0 aromatic heterocycles. The van der Waals surface area contributed by atoms with Crippen LogP contribution in [0.15, 0.2) is 146 Å². The molecule has 0 fully saturated rings. The van der Waals surface area contributed by atoms with Gasteiger partial charge in [0.15, 0.2) is 25.1 Å². The first-order chi connectivity index (χ1) is 26.5. The molecule has 11 nitrogen and oxygen atoms in total. The monoisotopic (exact) mass is 758 g/mol. The second-order valence-corrected chi connectivity index (χ2v) is 12.9. The van der Waals surface area contributed by atoms with Crippen molar-refractivity contribution in [2.24, 2.45) is 0 Å². The van der Waals surface area contributed by atoms with Crippen LogP contribution in [0.1, 0.15) is 57.4 Å². The Kier molecular flexibility index (Phi) is 12.5. The number of hydrogen-bond acceptors (Lipinski definition) is 11. The molecular weight excluding hydrogens is 730 g/mol. The number of para-hydroxylation sites is 6. The lowest BCUT2D eigenvalue weighted by Gasteiger charge is -2.21. The quantitative estimate of drug-likeness (QED) is 0.0470. The summed E-state index contributed by atoms with van der Waals surface area (Å²) in [6, 6.07) is 38.6. The van der Waals surface area contributed by atoms with Gasteiger partial charge >= 0.3 is 17.2 Å². The first kappa shape index (κ1) is 37.1. The molecule has 0 spiro atoms. The summed E-state index contributed by atoms with van der Waals surface area (Å²) in [6.45, 7) is 0. The van der Waals surface area contributed by atoms with E-state index in [9.17, 15) is 24.0 Å². The topological polar surface area (TPSA) is 141 Å². The van der Waals surface area contributed by atoms with Crippen molar-refractivity contribution in [1.82, 2.24) is 0 Å². The third-order valence-corrected chi connectivity index (χ3v) is 9.56. The third-order valence-electron chi connectivity index (χ3n) is 7.48. The van der Waals surface area contributed by atoms with E-state index in [4.69, 9.17) is 27.1 Å². The number of hydrogen-bond donors (Lipinski definition) is 0. The summed E-state index contributed by atoms with van der Waals surface area (Å²) in [5, 5.41) is 0. The first-order valence-electron chi connectivity index (χ1n) is 16.1. The van der Waals surface area contributed by atoms with E-state index in [0.29, 0.717) is 25.1 Å². The fourth-order valence-corrected chi connectivity index (χ4v) is 7.02. The van der Waals surface area contributed by atoms with Gasteiger partial charge in [-0.2, -0.15) is 0 Å². The first-order valence-corrected chi connectivity index (χ1v) is 18.3. The highest BCUT2D eigenvalue weighted by molar-refractivity contribution is 7.43. The Bertz CT molecular complexity index is 2030. The number of carbonyl (C=O) groups is 5. The summed E-state index contributed by atoms with van der Waals surface area (Å²) in [5.74, 6) is 0.219. The Morgan fingerprint density at radius 2 is 0.556 bits per heavy atom. The van der Waals surface area contributed by atoms with Crippen LogP contribution in [0, 0.1) is 0 Å². The van der Waals surface area contributed by atoms with E-state index in [2.05, 4.69) is 0 Å². The van der Waals surface area contributed by atoms with Gasteiger partial charge in [-0.1, -0.05) is 72.8 Å². The summed E-state index contributed by atoms with van der Waals surface area (Å²) < 4.78 is 36.8. The second kappa shape index (κ2) is 18.2. The van der Waals surface area contributed by atoms with Gasteiger partial charge in [-0.15, -0.1) is 0 Å². The van der Waals surface area contributed by atoms with E-state index in [0.717, 1.165) is 0 Å². The SMILES string of the molecule is O=Cc1ccccc1OP(Oc1ccccc1C=O)Oc1ccccc1C(=O)c1ccccc1OP(Oc1ccccc1C=O)Oc1ccccc1C=O. The van der Waals surface area contributed by atoms with Crippen molar-refractivity contribution in [3.63, 3.8) is 0 Å². The molecule has 0 bridgehead atoms. The van der Waals surface area contributed by atoms with Crippen LogP contribution in [0.2, 0.25) is 0 Å². The van der Waals surface area contributed by atoms with Gasteiger partial charge in [0.1, 0.15) is 34.5 Å². The Labute approximate surface area is 312 Å². The van der Waals surface area contributed by atoms with E-state index >= 15 is 0 Å². The van der Waals surface area contributed by atoms with E-state index in [1.807, 2.05) is 0 Å². The van der Waals surface area contributed by atoms with Crippen LogP contribution in [-0.4, -0.2) is 30.9 Å². The van der Waals surface area contributed by atoms with Gasteiger partial charge in [-0.3, -0.25) is 24.0 Å². The van der Waals surface area contributed by atoms with Crippen LogP contribution < -0.4 is 27.1 Å². The maximum atomic E-state index is 14.4. The predicted molar refractivity (Wildman–Crippen MR) is 201 cm³/mol. The van der Waals surface area contributed by atoms with Crippen LogP contribution in [0.25, 0.3) is 0 Å². The largest absolute Gasteiger partial charge is 0.530 e. The molecule has 54 heavy (non-hydrogen) atoms. The van der Waals surface area contributed by atoms with Crippen LogP contribution in [0.3, 0.4) is 0 Å². The van der Waals surface area contributed by atoms with Crippen molar-refractivity contribution in [2.75, 3.05) is 0 Å². The summed E-state index contributed by atoms with van der Waals surface area (Å²) in [6.07, 6.45) is 2.48. The van der Waals surface area contributed by atoms with E-state index in [-0.39, 0.29) is 67.9 Å². The highest BCUT2D eigenvalue weighted by atomic mass is 31.2. The number of ketones is 1. The van der Waals surface area contributed by atoms with Crippen LogP contribution in [0.4, 0.5) is 0 Å². The van der Waals surface area contributed by atoms with Gasteiger partial charge in [-0.25, -0.2) is 0 Å². The van der Waals surface area contributed by atoms with Crippen LogP contribution >= 0.6 is 17.2 Å². The number of aldehydes is 4. The van der Waals surface area contributed by atoms with Crippen LogP contribution in [0.5, 0.6) is 34.5 Å². The lowest BCUT2D eigenvalue weighted by Crippen LogP contribution is -2.10. The summed E-state index contributed by atoms with van der Waals surface area (Å²) in [5.41, 5.74) is 1.08. The van der Waals surface area contributed by atoms with Crippen molar-refractivity contribution in [1.29, 1.82) is 0 Å². The molecule has 0 amide bonds. The molecule has 0 aliphatic carbocycles. The molecule has 0 radical (unpaired) electrons. The molecule has 0 heterocycles. The third kappa shape index (κ3) is 9.03. The highest BCUT2D eigenvalue weighted by Crippen LogP contribution is 2.47. The highest BCUT2D eigenvalue weighted by Gasteiger charge is 2.29. The van der Waals surface area contributed by atoms with Crippen LogP contribution in [-0.2, 0) is 0 Å². The Hall–Kier alpha value is -6.67. The number of benzene rings is 6. The van der Waals surface area contributed by atoms with Crippen molar-refractivity contribution >= 4 is 48.1 Å². The minimum atomic E-state index is -2.43. The molecule has 0 saturated heterocycles. The molecule has 0 unspecified atom stereocenters. The molecule has 6 aromatic carbocycles. The van der Waals surface area contributed by atoms with Crippen molar-refractivity contribution in [3.8, 4) is 34.5 Å². The van der Waals surface area contributed by atoms with Gasteiger partial charge in [-0.05, 0) is 72.8 Å².